The number of nitrogens with one attached hydrogen (secondary N) is 1. The van der Waals surface area contributed by atoms with Crippen LogP contribution < -0.4 is 25.5 Å². The Kier molecular flexibility index (Phi) is 6.57. The number of carbonyl (C=O) groups is 1. The number of carbonyl (C=O) groups excluding carboxylic acids is 1. The van der Waals surface area contributed by atoms with E-state index in [2.05, 4.69) is 15.6 Å². The molecule has 3 N–H and O–H groups in total. The third-order valence-electron chi connectivity index (χ3n) is 4.06. The Morgan fingerprint density at radius 3 is 2.28 bits per heavy atom. The standard InChI is InChI=1S/C19H21N5O4S/c1-26-14-9-12(10-15(27-2)17(14)28-3)18-22-23-19(29-11-16(25)21-20)24(18)13-7-5-4-6-8-13/h4-10H,11,20H2,1-3H3,(H,21,25). The number of nitrogens with two attached hydrogens (primary N) is 1. The van der Waals surface area contributed by atoms with Crippen molar-refractivity contribution in [3.63, 3.8) is 0 Å². The molecule has 152 valence electrons. The second kappa shape index (κ2) is 9.30. The molecular formula is C19H21N5O4S. The van der Waals surface area contributed by atoms with Crippen molar-refractivity contribution in [2.75, 3.05) is 27.1 Å². The van der Waals surface area contributed by atoms with E-state index in [-0.39, 0.29) is 11.7 Å². The number of benzene rings is 2. The summed E-state index contributed by atoms with van der Waals surface area (Å²) < 4.78 is 18.2. The molecule has 2 aromatic carbocycles. The maximum Gasteiger partial charge on any atom is 0.244 e. The van der Waals surface area contributed by atoms with Gasteiger partial charge in [0.1, 0.15) is 0 Å². The number of thioether (sulfide) groups is 1. The van der Waals surface area contributed by atoms with Crippen molar-refractivity contribution in [3.05, 3.63) is 42.5 Å². The van der Waals surface area contributed by atoms with Crippen LogP contribution in [0.15, 0.2) is 47.6 Å². The van der Waals surface area contributed by atoms with E-state index in [1.807, 2.05) is 34.9 Å². The minimum absolute atomic E-state index is 0.108. The summed E-state index contributed by atoms with van der Waals surface area (Å²) in [5, 5.41) is 9.17. The third-order valence-corrected chi connectivity index (χ3v) is 4.99. The van der Waals surface area contributed by atoms with E-state index in [4.69, 9.17) is 20.1 Å². The zero-order valence-electron chi connectivity index (χ0n) is 16.2. The van der Waals surface area contributed by atoms with Gasteiger partial charge >= 0.3 is 0 Å². The molecule has 1 aromatic heterocycles. The van der Waals surface area contributed by atoms with E-state index in [0.29, 0.717) is 33.8 Å². The van der Waals surface area contributed by atoms with E-state index in [9.17, 15) is 4.79 Å². The minimum atomic E-state index is -0.313. The second-order valence-electron chi connectivity index (χ2n) is 5.75. The van der Waals surface area contributed by atoms with Gasteiger partial charge in [0.25, 0.3) is 0 Å². The van der Waals surface area contributed by atoms with Crippen molar-refractivity contribution < 1.29 is 19.0 Å². The highest BCUT2D eigenvalue weighted by Gasteiger charge is 2.21. The largest absolute Gasteiger partial charge is 0.493 e. The second-order valence-corrected chi connectivity index (χ2v) is 6.69. The van der Waals surface area contributed by atoms with Gasteiger partial charge in [-0.05, 0) is 24.3 Å². The van der Waals surface area contributed by atoms with E-state index >= 15 is 0 Å². The molecule has 3 rings (SSSR count). The lowest BCUT2D eigenvalue weighted by Crippen LogP contribution is -2.31. The molecular weight excluding hydrogens is 394 g/mol. The lowest BCUT2D eigenvalue weighted by atomic mass is 10.1. The smallest absolute Gasteiger partial charge is 0.244 e. The van der Waals surface area contributed by atoms with E-state index in [0.717, 1.165) is 5.69 Å². The van der Waals surface area contributed by atoms with Gasteiger partial charge in [-0.3, -0.25) is 14.8 Å². The molecule has 0 aliphatic heterocycles. The monoisotopic (exact) mass is 415 g/mol. The number of hydrazine groups is 1. The van der Waals surface area contributed by atoms with Gasteiger partial charge in [-0.1, -0.05) is 30.0 Å². The highest BCUT2D eigenvalue weighted by molar-refractivity contribution is 7.99. The van der Waals surface area contributed by atoms with Gasteiger partial charge in [-0.25, -0.2) is 5.84 Å². The zero-order valence-corrected chi connectivity index (χ0v) is 17.0. The average molecular weight is 415 g/mol. The van der Waals surface area contributed by atoms with Gasteiger partial charge in [-0.2, -0.15) is 0 Å². The molecule has 29 heavy (non-hydrogen) atoms. The van der Waals surface area contributed by atoms with Gasteiger partial charge in [0.2, 0.25) is 11.7 Å². The molecule has 0 bridgehead atoms. The fourth-order valence-electron chi connectivity index (χ4n) is 2.74. The van der Waals surface area contributed by atoms with Crippen molar-refractivity contribution in [2.24, 2.45) is 5.84 Å². The molecule has 0 saturated carbocycles. The molecule has 3 aromatic rings. The molecule has 10 heteroatoms. The van der Waals surface area contributed by atoms with Crippen LogP contribution in [-0.2, 0) is 4.79 Å². The first-order chi connectivity index (χ1) is 14.1. The SMILES string of the molecule is COc1cc(-c2nnc(SCC(=O)NN)n2-c2ccccc2)cc(OC)c1OC. The molecule has 0 atom stereocenters. The number of para-hydroxylation sites is 1. The maximum absolute atomic E-state index is 11.6. The van der Waals surface area contributed by atoms with Crippen LogP contribution in [-0.4, -0.2) is 47.8 Å². The lowest BCUT2D eigenvalue weighted by Gasteiger charge is -2.15. The number of ether oxygens (including phenoxy) is 3. The van der Waals surface area contributed by atoms with Gasteiger partial charge < -0.3 is 14.2 Å². The average Bonchev–Trinajstić information content (AvgIpc) is 3.20. The summed E-state index contributed by atoms with van der Waals surface area (Å²) in [6, 6.07) is 13.2. The first-order valence-corrected chi connectivity index (χ1v) is 9.55. The van der Waals surface area contributed by atoms with Crippen molar-refractivity contribution in [3.8, 4) is 34.3 Å². The maximum atomic E-state index is 11.6. The molecule has 1 heterocycles. The number of amides is 1. The van der Waals surface area contributed by atoms with Crippen LogP contribution in [0.25, 0.3) is 17.1 Å². The molecule has 0 spiro atoms. The van der Waals surface area contributed by atoms with Gasteiger partial charge in [-0.15, -0.1) is 10.2 Å². The number of aromatic nitrogens is 3. The minimum Gasteiger partial charge on any atom is -0.493 e. The molecule has 0 unspecified atom stereocenters. The van der Waals surface area contributed by atoms with Crippen LogP contribution in [0.5, 0.6) is 17.2 Å². The summed E-state index contributed by atoms with van der Waals surface area (Å²) in [6.07, 6.45) is 0. The van der Waals surface area contributed by atoms with Crippen molar-refractivity contribution in [1.29, 1.82) is 0 Å². The molecule has 0 fully saturated rings. The predicted octanol–water partition coefficient (Wildman–Crippen LogP) is 2.04. The summed E-state index contributed by atoms with van der Waals surface area (Å²) >= 11 is 1.23. The molecule has 1 amide bonds. The van der Waals surface area contributed by atoms with Crippen molar-refractivity contribution in [2.45, 2.75) is 5.16 Å². The number of rotatable bonds is 8. The number of hydrogen-bond donors (Lipinski definition) is 2. The van der Waals surface area contributed by atoms with Gasteiger partial charge in [0.05, 0.1) is 27.1 Å². The summed E-state index contributed by atoms with van der Waals surface area (Å²) in [5.74, 6) is 7.02. The first-order valence-electron chi connectivity index (χ1n) is 8.56. The first kappa shape index (κ1) is 20.5. The lowest BCUT2D eigenvalue weighted by molar-refractivity contribution is -0.118. The fraction of sp³-hybridized carbons (Fsp3) is 0.211. The van der Waals surface area contributed by atoms with E-state index in [1.54, 1.807) is 33.5 Å². The summed E-state index contributed by atoms with van der Waals surface area (Å²) in [6.45, 7) is 0. The fourth-order valence-corrected chi connectivity index (χ4v) is 3.51. The molecule has 0 aliphatic carbocycles. The Morgan fingerprint density at radius 1 is 1.07 bits per heavy atom. The third kappa shape index (κ3) is 4.28. The Bertz CT molecular complexity index is 969. The normalized spacial score (nSPS) is 10.5. The quantitative estimate of drug-likeness (QED) is 0.249. The number of methoxy groups -OCH3 is 3. The predicted molar refractivity (Wildman–Crippen MR) is 110 cm³/mol. The molecule has 0 aliphatic rings. The Hall–Kier alpha value is -3.24. The van der Waals surface area contributed by atoms with Crippen LogP contribution >= 0.6 is 11.8 Å². The Labute approximate surface area is 172 Å². The zero-order chi connectivity index (χ0) is 20.8. The van der Waals surface area contributed by atoms with E-state index in [1.165, 1.54) is 11.8 Å². The van der Waals surface area contributed by atoms with Crippen molar-refractivity contribution >= 4 is 17.7 Å². The topological polar surface area (TPSA) is 114 Å². The Balaban J connectivity index is 2.15. The molecule has 0 saturated heterocycles. The number of hydrogen-bond acceptors (Lipinski definition) is 8. The van der Waals surface area contributed by atoms with Crippen LogP contribution in [0.3, 0.4) is 0 Å². The van der Waals surface area contributed by atoms with Crippen LogP contribution in [0, 0.1) is 0 Å². The van der Waals surface area contributed by atoms with Crippen LogP contribution in [0.1, 0.15) is 0 Å². The molecule has 9 nitrogen and oxygen atoms in total. The van der Waals surface area contributed by atoms with E-state index < -0.39 is 0 Å². The Morgan fingerprint density at radius 2 is 1.72 bits per heavy atom. The highest BCUT2D eigenvalue weighted by atomic mass is 32.2. The van der Waals surface area contributed by atoms with Crippen molar-refractivity contribution in [1.82, 2.24) is 20.2 Å². The molecule has 0 radical (unpaired) electrons. The summed E-state index contributed by atoms with van der Waals surface area (Å²) in [5.41, 5.74) is 3.67. The number of nitrogens with zero attached hydrogens (tertiary/aromatic N) is 3. The summed E-state index contributed by atoms with van der Waals surface area (Å²) in [7, 11) is 4.65. The highest BCUT2D eigenvalue weighted by Crippen LogP contribution is 2.41. The van der Waals surface area contributed by atoms with Gasteiger partial charge in [0, 0.05) is 11.3 Å². The summed E-state index contributed by atoms with van der Waals surface area (Å²) in [4.78, 5) is 11.6. The van der Waals surface area contributed by atoms with Crippen LogP contribution in [0.2, 0.25) is 0 Å². The van der Waals surface area contributed by atoms with Gasteiger partial charge in [0.15, 0.2) is 22.5 Å². The van der Waals surface area contributed by atoms with Crippen LogP contribution in [0.4, 0.5) is 0 Å².